The molecule has 1 amide bonds. The quantitative estimate of drug-likeness (QED) is 0.774. The number of aliphatic hydroxyl groups is 1. The molecular weight excluding hydrogens is 314 g/mol. The number of anilines is 1. The van der Waals surface area contributed by atoms with Gasteiger partial charge in [-0.05, 0) is 32.4 Å². The number of hydrogen-bond donors (Lipinski definition) is 2. The van der Waals surface area contributed by atoms with Crippen LogP contribution in [0.5, 0.6) is 0 Å². The van der Waals surface area contributed by atoms with Gasteiger partial charge in [0.15, 0.2) is 5.13 Å². The lowest BCUT2D eigenvalue weighted by Gasteiger charge is -2.28. The fourth-order valence-corrected chi connectivity index (χ4v) is 3.33. The smallest absolute Gasteiger partial charge is 0.266 e. The highest BCUT2D eigenvalue weighted by atomic mass is 32.1. The Kier molecular flexibility index (Phi) is 6.18. The predicted molar refractivity (Wildman–Crippen MR) is 90.8 cm³/mol. The van der Waals surface area contributed by atoms with Crippen LogP contribution in [0.1, 0.15) is 41.4 Å². The first kappa shape index (κ1) is 17.5. The number of aliphatic hydroxyl groups excluding tert-OH is 1. The third-order valence-corrected chi connectivity index (χ3v) is 4.71. The van der Waals surface area contributed by atoms with E-state index in [0.717, 1.165) is 11.7 Å². The van der Waals surface area contributed by atoms with Crippen molar-refractivity contribution in [1.29, 1.82) is 0 Å². The van der Waals surface area contributed by atoms with Crippen LogP contribution in [0, 0.1) is 6.92 Å². The van der Waals surface area contributed by atoms with E-state index in [4.69, 9.17) is 4.42 Å². The van der Waals surface area contributed by atoms with E-state index >= 15 is 0 Å². The molecule has 1 atom stereocenters. The second-order valence-corrected chi connectivity index (χ2v) is 6.22. The van der Waals surface area contributed by atoms with Crippen molar-refractivity contribution in [2.45, 2.75) is 39.8 Å². The average molecular weight is 337 g/mol. The van der Waals surface area contributed by atoms with Gasteiger partial charge in [-0.25, -0.2) is 4.98 Å². The van der Waals surface area contributed by atoms with E-state index in [1.54, 1.807) is 17.2 Å². The summed E-state index contributed by atoms with van der Waals surface area (Å²) in [5.41, 5.74) is 0.702. The van der Waals surface area contributed by atoms with E-state index < -0.39 is 0 Å². The fourth-order valence-electron chi connectivity index (χ4n) is 2.34. The third-order valence-electron chi connectivity index (χ3n) is 3.61. The Morgan fingerprint density at radius 1 is 1.52 bits per heavy atom. The lowest BCUT2D eigenvalue weighted by Crippen LogP contribution is -2.41. The van der Waals surface area contributed by atoms with Crippen molar-refractivity contribution in [3.05, 3.63) is 34.7 Å². The number of rotatable bonds is 8. The summed E-state index contributed by atoms with van der Waals surface area (Å²) < 4.78 is 5.36. The molecule has 0 aliphatic rings. The Balaban J connectivity index is 2.28. The monoisotopic (exact) mass is 337 g/mol. The molecule has 0 saturated carbocycles. The molecule has 0 fully saturated rings. The second-order valence-electron chi connectivity index (χ2n) is 5.22. The highest BCUT2D eigenvalue weighted by molar-refractivity contribution is 7.17. The standard InChI is InChI=1S/C16H23N3O3S/c1-4-12(10-20)19(9-13-7-6-8-22-13)15(21)14-11(3)18-16(23-14)17-5-2/h6-8,12,20H,4-5,9-10H2,1-3H3,(H,17,18). The van der Waals surface area contributed by atoms with Crippen molar-refractivity contribution < 1.29 is 14.3 Å². The van der Waals surface area contributed by atoms with Gasteiger partial charge in [0.1, 0.15) is 10.6 Å². The van der Waals surface area contributed by atoms with Gasteiger partial charge in [0.2, 0.25) is 0 Å². The molecule has 0 aliphatic carbocycles. The van der Waals surface area contributed by atoms with Gasteiger partial charge in [-0.15, -0.1) is 0 Å². The van der Waals surface area contributed by atoms with Gasteiger partial charge in [-0.2, -0.15) is 0 Å². The number of thiazole rings is 1. The maximum absolute atomic E-state index is 13.0. The summed E-state index contributed by atoms with van der Waals surface area (Å²) in [4.78, 5) is 19.6. The summed E-state index contributed by atoms with van der Waals surface area (Å²) in [7, 11) is 0. The average Bonchev–Trinajstić information content (AvgIpc) is 3.17. The van der Waals surface area contributed by atoms with Crippen LogP contribution >= 0.6 is 11.3 Å². The topological polar surface area (TPSA) is 78.6 Å². The maximum Gasteiger partial charge on any atom is 0.266 e. The number of furan rings is 1. The number of carbonyl (C=O) groups is 1. The summed E-state index contributed by atoms with van der Waals surface area (Å²) in [5, 5.41) is 13.5. The zero-order valence-electron chi connectivity index (χ0n) is 13.7. The summed E-state index contributed by atoms with van der Waals surface area (Å²) in [5.74, 6) is 0.570. The molecule has 1 unspecified atom stereocenters. The largest absolute Gasteiger partial charge is 0.467 e. The molecule has 2 N–H and O–H groups in total. The first-order chi connectivity index (χ1) is 11.1. The Morgan fingerprint density at radius 3 is 2.87 bits per heavy atom. The maximum atomic E-state index is 13.0. The molecule has 2 heterocycles. The van der Waals surface area contributed by atoms with Crippen molar-refractivity contribution in [3.63, 3.8) is 0 Å². The minimum Gasteiger partial charge on any atom is -0.467 e. The fraction of sp³-hybridized carbons (Fsp3) is 0.500. The molecule has 7 heteroatoms. The van der Waals surface area contributed by atoms with Crippen molar-refractivity contribution >= 4 is 22.4 Å². The minimum atomic E-state index is -0.253. The zero-order valence-corrected chi connectivity index (χ0v) is 14.5. The van der Waals surface area contributed by atoms with Crippen LogP contribution in [0.4, 0.5) is 5.13 Å². The van der Waals surface area contributed by atoms with Crippen LogP contribution in [0.15, 0.2) is 22.8 Å². The van der Waals surface area contributed by atoms with Crippen molar-refractivity contribution in [2.24, 2.45) is 0 Å². The third kappa shape index (κ3) is 4.11. The SMILES string of the molecule is CCNc1nc(C)c(C(=O)N(Cc2ccco2)C(CC)CO)s1. The number of aryl methyl sites for hydroxylation is 1. The molecule has 2 aromatic heterocycles. The number of hydrogen-bond acceptors (Lipinski definition) is 6. The number of nitrogens with one attached hydrogen (secondary N) is 1. The number of carbonyl (C=O) groups excluding carboxylic acids is 1. The van der Waals surface area contributed by atoms with E-state index in [0.29, 0.717) is 29.3 Å². The highest BCUT2D eigenvalue weighted by Gasteiger charge is 2.27. The van der Waals surface area contributed by atoms with E-state index in [1.807, 2.05) is 26.8 Å². The molecule has 0 radical (unpaired) electrons. The molecule has 23 heavy (non-hydrogen) atoms. The van der Waals surface area contributed by atoms with Crippen LogP contribution < -0.4 is 5.32 Å². The lowest BCUT2D eigenvalue weighted by atomic mass is 10.1. The number of amides is 1. The Morgan fingerprint density at radius 2 is 2.30 bits per heavy atom. The van der Waals surface area contributed by atoms with Crippen molar-refractivity contribution in [1.82, 2.24) is 9.88 Å². The summed E-state index contributed by atoms with van der Waals surface area (Å²) >= 11 is 1.35. The van der Waals surface area contributed by atoms with Gasteiger partial charge < -0.3 is 19.7 Å². The first-order valence-electron chi connectivity index (χ1n) is 7.76. The zero-order chi connectivity index (χ0) is 16.8. The van der Waals surface area contributed by atoms with Gasteiger partial charge in [-0.1, -0.05) is 18.3 Å². The molecule has 0 saturated heterocycles. The summed E-state index contributed by atoms with van der Waals surface area (Å²) in [6.07, 6.45) is 2.25. The molecule has 0 aromatic carbocycles. The molecule has 6 nitrogen and oxygen atoms in total. The van der Waals surface area contributed by atoms with E-state index in [9.17, 15) is 9.90 Å². The van der Waals surface area contributed by atoms with Gasteiger partial charge in [0.05, 0.1) is 31.2 Å². The Labute approximate surface area is 140 Å². The van der Waals surface area contributed by atoms with E-state index in [2.05, 4.69) is 10.3 Å². The molecule has 0 aliphatic heterocycles. The molecule has 2 rings (SSSR count). The lowest BCUT2D eigenvalue weighted by molar-refractivity contribution is 0.0549. The van der Waals surface area contributed by atoms with E-state index in [-0.39, 0.29) is 18.6 Å². The van der Waals surface area contributed by atoms with Gasteiger partial charge in [0, 0.05) is 6.54 Å². The van der Waals surface area contributed by atoms with Crippen LogP contribution in [0.2, 0.25) is 0 Å². The highest BCUT2D eigenvalue weighted by Crippen LogP contribution is 2.26. The predicted octanol–water partition coefficient (Wildman–Crippen LogP) is 2.89. The van der Waals surface area contributed by atoms with Crippen LogP contribution in [-0.4, -0.2) is 40.1 Å². The van der Waals surface area contributed by atoms with Crippen molar-refractivity contribution in [3.8, 4) is 0 Å². The van der Waals surface area contributed by atoms with Gasteiger partial charge >= 0.3 is 0 Å². The number of nitrogens with zero attached hydrogens (tertiary/aromatic N) is 2. The van der Waals surface area contributed by atoms with Crippen LogP contribution in [0.3, 0.4) is 0 Å². The van der Waals surface area contributed by atoms with Gasteiger partial charge in [0.25, 0.3) is 5.91 Å². The van der Waals surface area contributed by atoms with E-state index in [1.165, 1.54) is 11.3 Å². The Bertz CT molecular complexity index is 621. The molecule has 0 bridgehead atoms. The normalized spacial score (nSPS) is 12.2. The number of aromatic nitrogens is 1. The minimum absolute atomic E-state index is 0.0825. The summed E-state index contributed by atoms with van der Waals surface area (Å²) in [6.45, 7) is 6.77. The molecule has 0 spiro atoms. The van der Waals surface area contributed by atoms with Crippen LogP contribution in [0.25, 0.3) is 0 Å². The van der Waals surface area contributed by atoms with Crippen molar-refractivity contribution in [2.75, 3.05) is 18.5 Å². The molecule has 126 valence electrons. The molecular formula is C16H23N3O3S. The summed E-state index contributed by atoms with van der Waals surface area (Å²) in [6, 6.07) is 3.37. The second kappa shape index (κ2) is 8.12. The molecule has 2 aromatic rings. The first-order valence-corrected chi connectivity index (χ1v) is 8.57. The Hall–Kier alpha value is -1.86. The van der Waals surface area contributed by atoms with Gasteiger partial charge in [-0.3, -0.25) is 4.79 Å². The van der Waals surface area contributed by atoms with Crippen LogP contribution in [-0.2, 0) is 6.54 Å².